The summed E-state index contributed by atoms with van der Waals surface area (Å²) in [6, 6.07) is 8.89. The van der Waals surface area contributed by atoms with E-state index in [4.69, 9.17) is 24.0 Å². The second-order valence-corrected chi connectivity index (χ2v) is 6.40. The van der Waals surface area contributed by atoms with Gasteiger partial charge in [0.2, 0.25) is 11.7 Å². The summed E-state index contributed by atoms with van der Waals surface area (Å²) in [6.45, 7) is 2.30. The van der Waals surface area contributed by atoms with Crippen LogP contribution in [0.3, 0.4) is 0 Å². The number of aryl methyl sites for hydroxylation is 1. The maximum Gasteiger partial charge on any atom is 0.275 e. The quantitative estimate of drug-likeness (QED) is 0.365. The highest BCUT2D eigenvalue weighted by molar-refractivity contribution is 5.56. The third-order valence-electron chi connectivity index (χ3n) is 4.14. The molecule has 0 aliphatic heterocycles. The molecule has 4 rings (SSSR count). The molecule has 0 saturated carbocycles. The highest BCUT2D eigenvalue weighted by Gasteiger charge is 2.18. The van der Waals surface area contributed by atoms with Crippen molar-refractivity contribution >= 4 is 5.65 Å². The fraction of sp³-hybridized carbons (Fsp3) is 0.316. The average Bonchev–Trinajstić information content (AvgIpc) is 3.40. The molecule has 0 N–H and O–H groups in total. The fourth-order valence-corrected chi connectivity index (χ4v) is 2.65. The number of nitriles is 1. The summed E-state index contributed by atoms with van der Waals surface area (Å²) >= 11 is 0. The zero-order valence-corrected chi connectivity index (χ0v) is 16.8. The minimum absolute atomic E-state index is 0.108. The summed E-state index contributed by atoms with van der Waals surface area (Å²) in [6.07, 6.45) is 1.07. The zero-order valence-electron chi connectivity index (χ0n) is 16.8. The van der Waals surface area contributed by atoms with Crippen molar-refractivity contribution < 1.29 is 18.7 Å². The van der Waals surface area contributed by atoms with Gasteiger partial charge in [-0.05, 0) is 19.4 Å². The molecule has 0 aromatic carbocycles. The van der Waals surface area contributed by atoms with Crippen molar-refractivity contribution in [2.75, 3.05) is 13.7 Å². The normalized spacial score (nSPS) is 10.7. The van der Waals surface area contributed by atoms with Gasteiger partial charge in [0.05, 0.1) is 19.8 Å². The molecule has 158 valence electrons. The van der Waals surface area contributed by atoms with E-state index >= 15 is 0 Å². The Hall–Kier alpha value is -4.27. The van der Waals surface area contributed by atoms with Crippen LogP contribution in [-0.2, 0) is 6.61 Å². The van der Waals surface area contributed by atoms with Gasteiger partial charge in [-0.3, -0.25) is 0 Å². The van der Waals surface area contributed by atoms with E-state index in [0.29, 0.717) is 59.7 Å². The van der Waals surface area contributed by atoms with Crippen LogP contribution < -0.4 is 14.2 Å². The summed E-state index contributed by atoms with van der Waals surface area (Å²) in [5, 5.41) is 33.2. The summed E-state index contributed by atoms with van der Waals surface area (Å²) in [7, 11) is 1.51. The number of hydrogen-bond donors (Lipinski definition) is 0. The molecule has 0 aliphatic rings. The van der Waals surface area contributed by atoms with E-state index in [-0.39, 0.29) is 12.5 Å². The van der Waals surface area contributed by atoms with E-state index in [1.165, 1.54) is 11.6 Å². The van der Waals surface area contributed by atoms with E-state index in [9.17, 15) is 0 Å². The van der Waals surface area contributed by atoms with Gasteiger partial charge in [0.15, 0.2) is 17.1 Å². The van der Waals surface area contributed by atoms with Gasteiger partial charge in [-0.15, -0.1) is 25.5 Å². The molecule has 0 fully saturated rings. The van der Waals surface area contributed by atoms with Crippen molar-refractivity contribution in [1.82, 2.24) is 35.2 Å². The molecule has 4 aromatic rings. The molecule has 0 atom stereocenters. The van der Waals surface area contributed by atoms with Crippen LogP contribution in [0.5, 0.6) is 17.5 Å². The third kappa shape index (κ3) is 4.50. The van der Waals surface area contributed by atoms with E-state index in [2.05, 4.69) is 36.7 Å². The first-order valence-corrected chi connectivity index (χ1v) is 9.37. The Morgan fingerprint density at radius 2 is 2.03 bits per heavy atom. The fourth-order valence-electron chi connectivity index (χ4n) is 2.65. The lowest BCUT2D eigenvalue weighted by Gasteiger charge is -2.10. The standard InChI is InChI=1S/C19H18N8O4/c1-12-9-14(26-31-12)18-24-22-16-10-15(28-2)19(25-27(16)18)30-11-13-5-6-17(23-21-13)29-8-4-3-7-20/h5-6,9-10H,3-4,8,11H2,1-2H3. The van der Waals surface area contributed by atoms with E-state index in [0.717, 1.165) is 0 Å². The first-order chi connectivity index (χ1) is 15.2. The minimum atomic E-state index is 0.108. The van der Waals surface area contributed by atoms with Crippen molar-refractivity contribution in [3.05, 3.63) is 35.7 Å². The Balaban J connectivity index is 1.49. The topological polar surface area (TPSA) is 146 Å². The van der Waals surface area contributed by atoms with Gasteiger partial charge < -0.3 is 18.7 Å². The Bertz CT molecular complexity index is 1210. The van der Waals surface area contributed by atoms with Crippen LogP contribution in [0.2, 0.25) is 0 Å². The van der Waals surface area contributed by atoms with Gasteiger partial charge in [-0.2, -0.15) is 9.78 Å². The summed E-state index contributed by atoms with van der Waals surface area (Å²) in [5.41, 5.74) is 1.55. The number of rotatable bonds is 9. The summed E-state index contributed by atoms with van der Waals surface area (Å²) < 4.78 is 23.2. The molecule has 0 spiro atoms. The van der Waals surface area contributed by atoms with Crippen molar-refractivity contribution in [3.8, 4) is 35.1 Å². The van der Waals surface area contributed by atoms with Crippen LogP contribution in [0.15, 0.2) is 28.8 Å². The van der Waals surface area contributed by atoms with Crippen LogP contribution in [0.1, 0.15) is 24.3 Å². The molecule has 31 heavy (non-hydrogen) atoms. The zero-order chi connectivity index (χ0) is 21.6. The van der Waals surface area contributed by atoms with Crippen LogP contribution in [0.25, 0.3) is 17.2 Å². The van der Waals surface area contributed by atoms with Crippen molar-refractivity contribution in [2.45, 2.75) is 26.4 Å². The number of aromatic nitrogens is 7. The number of unbranched alkanes of at least 4 members (excludes halogenated alkanes) is 1. The summed E-state index contributed by atoms with van der Waals surface area (Å²) in [5.74, 6) is 2.07. The molecular weight excluding hydrogens is 404 g/mol. The highest BCUT2D eigenvalue weighted by Crippen LogP contribution is 2.28. The third-order valence-corrected chi connectivity index (χ3v) is 4.14. The van der Waals surface area contributed by atoms with E-state index < -0.39 is 0 Å². The SMILES string of the molecule is COc1cc2nnc(-c3cc(C)on3)n2nc1OCc1ccc(OCCCC#N)nn1. The molecule has 0 radical (unpaired) electrons. The maximum atomic E-state index is 8.53. The second-order valence-electron chi connectivity index (χ2n) is 6.40. The first-order valence-electron chi connectivity index (χ1n) is 9.37. The minimum Gasteiger partial charge on any atom is -0.491 e. The second kappa shape index (κ2) is 9.04. The first kappa shape index (κ1) is 20.0. The van der Waals surface area contributed by atoms with Gasteiger partial charge in [-0.1, -0.05) is 5.16 Å². The predicted molar refractivity (Wildman–Crippen MR) is 104 cm³/mol. The van der Waals surface area contributed by atoms with Gasteiger partial charge in [0.1, 0.15) is 18.1 Å². The van der Waals surface area contributed by atoms with Crippen LogP contribution in [0.4, 0.5) is 0 Å². The van der Waals surface area contributed by atoms with Gasteiger partial charge >= 0.3 is 0 Å². The van der Waals surface area contributed by atoms with Gasteiger partial charge in [0, 0.05) is 24.6 Å². The van der Waals surface area contributed by atoms with Crippen molar-refractivity contribution in [2.24, 2.45) is 0 Å². The average molecular weight is 422 g/mol. The molecule has 4 aromatic heterocycles. The smallest absolute Gasteiger partial charge is 0.275 e. The van der Waals surface area contributed by atoms with Crippen LogP contribution >= 0.6 is 0 Å². The number of hydrogen-bond acceptors (Lipinski definition) is 11. The van der Waals surface area contributed by atoms with E-state index in [1.54, 1.807) is 31.2 Å². The number of fused-ring (bicyclic) bond motifs is 1. The molecule has 0 saturated heterocycles. The molecule has 0 bridgehead atoms. The number of methoxy groups -OCH3 is 1. The predicted octanol–water partition coefficient (Wildman–Crippen LogP) is 2.15. The Morgan fingerprint density at radius 1 is 1.13 bits per heavy atom. The Kier molecular flexibility index (Phi) is 5.84. The monoisotopic (exact) mass is 422 g/mol. The number of nitrogens with zero attached hydrogens (tertiary/aromatic N) is 8. The van der Waals surface area contributed by atoms with Crippen LogP contribution in [-0.4, -0.2) is 48.9 Å². The molecule has 0 unspecified atom stereocenters. The molecule has 0 aliphatic carbocycles. The molecule has 0 amide bonds. The molecular formula is C19H18N8O4. The Morgan fingerprint density at radius 3 is 2.74 bits per heavy atom. The Labute approximate surface area is 176 Å². The lowest BCUT2D eigenvalue weighted by Crippen LogP contribution is -2.06. The van der Waals surface area contributed by atoms with Crippen molar-refractivity contribution in [3.63, 3.8) is 0 Å². The largest absolute Gasteiger partial charge is 0.491 e. The number of ether oxygens (including phenoxy) is 3. The van der Waals surface area contributed by atoms with Crippen molar-refractivity contribution in [1.29, 1.82) is 5.26 Å². The highest BCUT2D eigenvalue weighted by atomic mass is 16.5. The van der Waals surface area contributed by atoms with Gasteiger partial charge in [0.25, 0.3) is 5.88 Å². The lowest BCUT2D eigenvalue weighted by atomic mass is 10.3. The van der Waals surface area contributed by atoms with Gasteiger partial charge in [-0.25, -0.2) is 0 Å². The molecule has 12 nitrogen and oxygen atoms in total. The van der Waals surface area contributed by atoms with Crippen LogP contribution in [0, 0.1) is 18.3 Å². The lowest BCUT2D eigenvalue weighted by molar-refractivity contribution is 0.260. The molecule has 12 heteroatoms. The molecule has 4 heterocycles. The van der Waals surface area contributed by atoms with E-state index in [1.807, 2.05) is 0 Å². The summed E-state index contributed by atoms with van der Waals surface area (Å²) in [4.78, 5) is 0. The maximum absolute atomic E-state index is 8.53.